The van der Waals surface area contributed by atoms with Crippen LogP contribution in [0, 0.1) is 5.92 Å². The Morgan fingerprint density at radius 3 is 2.61 bits per heavy atom. The number of hydrogen-bond donors (Lipinski definition) is 2. The van der Waals surface area contributed by atoms with Gasteiger partial charge in [-0.05, 0) is 57.4 Å². The monoisotopic (exact) mass is 458 g/mol. The number of carbonyl (C=O) groups is 3. The zero-order chi connectivity index (χ0) is 21.7. The molecule has 2 N–H and O–H groups in total. The molecule has 1 saturated carbocycles. The first-order chi connectivity index (χ1) is 14.4. The Labute approximate surface area is 216 Å². The van der Waals surface area contributed by atoms with Gasteiger partial charge < -0.3 is 17.6 Å². The van der Waals surface area contributed by atoms with Crippen LogP contribution >= 0.6 is 0 Å². The van der Waals surface area contributed by atoms with Gasteiger partial charge in [-0.1, -0.05) is 36.8 Å². The van der Waals surface area contributed by atoms with E-state index >= 15 is 0 Å². The maximum atomic E-state index is 13.2. The third kappa shape index (κ3) is 6.44. The molecule has 1 aromatic carbocycles. The summed E-state index contributed by atoms with van der Waals surface area (Å²) in [5.74, 6) is -1.31. The maximum absolute atomic E-state index is 13.2. The predicted octanol–water partition coefficient (Wildman–Crippen LogP) is 2.23. The number of aryl methyl sites for hydroxylation is 1. The summed E-state index contributed by atoms with van der Waals surface area (Å²) in [6.07, 6.45) is 4.54. The van der Waals surface area contributed by atoms with Crippen molar-refractivity contribution in [2.45, 2.75) is 76.5 Å². The Balaban J connectivity index is 0.00000341. The number of carboxylic acid groups (broad SMARTS) is 1. The van der Waals surface area contributed by atoms with Crippen molar-refractivity contribution in [3.8, 4) is 0 Å². The van der Waals surface area contributed by atoms with Gasteiger partial charge in [-0.3, -0.25) is 14.9 Å². The van der Waals surface area contributed by atoms with Crippen molar-refractivity contribution in [1.29, 1.82) is 0 Å². The summed E-state index contributed by atoms with van der Waals surface area (Å²) in [5.41, 5.74) is 1.10. The number of aliphatic carboxylic acids is 1. The van der Waals surface area contributed by atoms with Gasteiger partial charge in [0.25, 0.3) is 0 Å². The molecule has 0 radical (unpaired) electrons. The molecule has 3 rings (SSSR count). The quantitative estimate of drug-likeness (QED) is 0.435. The van der Waals surface area contributed by atoms with Crippen LogP contribution in [0.15, 0.2) is 30.3 Å². The van der Waals surface area contributed by atoms with Crippen LogP contribution in [-0.2, 0) is 25.5 Å². The smallest absolute Gasteiger partial charge is 1.00 e. The number of nitrogens with zero attached hydrogens (tertiary/aromatic N) is 1. The van der Waals surface area contributed by atoms with E-state index in [0.717, 1.165) is 24.8 Å². The van der Waals surface area contributed by atoms with Gasteiger partial charge in [-0.2, -0.15) is 0 Å². The molecule has 0 bridgehead atoms. The normalized spacial score (nSPS) is 24.1. The van der Waals surface area contributed by atoms with E-state index in [1.807, 2.05) is 30.3 Å². The number of carboxylic acids is 1. The number of likely N-dealkylation sites (tertiary alicyclic amines) is 1. The molecule has 0 spiro atoms. The van der Waals surface area contributed by atoms with E-state index in [2.05, 4.69) is 5.32 Å². The van der Waals surface area contributed by atoms with Crippen LogP contribution in [0.1, 0.15) is 54.4 Å². The molecule has 5 atom stereocenters. The summed E-state index contributed by atoms with van der Waals surface area (Å²) in [6.45, 7) is 3.72. The number of carbonyl (C=O) groups excluding carboxylic acids is 2. The number of ether oxygens (including phenoxy) is 1. The first-order valence-corrected chi connectivity index (χ1v) is 10.9. The fourth-order valence-electron chi connectivity index (χ4n) is 4.89. The zero-order valence-corrected chi connectivity index (χ0v) is 20.7. The number of fused-ring (bicyclic) bond motifs is 1. The summed E-state index contributed by atoms with van der Waals surface area (Å²) in [7, 11) is 0. The number of nitrogens with one attached hydrogen (secondary N) is 1. The number of rotatable bonds is 9. The predicted molar refractivity (Wildman–Crippen MR) is 120 cm³/mol. The standard InChI is InChI=1S/C23H32N2O5.Ca.2H/c1-3-30-23(29)18(13-12-16-8-5-4-6-9-16)24-15(2)21(26)25-19-11-7-10-17(19)14-20(25)22(27)28;;;/h4-6,8-9,15,17-20,24H,3,7,10-14H2,1-2H3,(H,27,28);;;/q;+2;2*-1/t15-,17-,18-,19-,20-;;;/m0.../s1. The molecule has 168 valence electrons. The molecule has 0 aromatic heterocycles. The minimum absolute atomic E-state index is 0. The third-order valence-corrected chi connectivity index (χ3v) is 6.33. The van der Waals surface area contributed by atoms with E-state index in [4.69, 9.17) is 4.74 Å². The van der Waals surface area contributed by atoms with Crippen LogP contribution in [-0.4, -0.2) is 96.4 Å². The van der Waals surface area contributed by atoms with Crippen LogP contribution < -0.4 is 5.32 Å². The van der Waals surface area contributed by atoms with Gasteiger partial charge >= 0.3 is 49.7 Å². The molecule has 8 heteroatoms. The molecule has 0 unspecified atom stereocenters. The van der Waals surface area contributed by atoms with Gasteiger partial charge in [0.05, 0.1) is 12.6 Å². The van der Waals surface area contributed by atoms with Crippen molar-refractivity contribution in [3.05, 3.63) is 35.9 Å². The maximum Gasteiger partial charge on any atom is 2.00 e. The molecule has 1 amide bonds. The Kier molecular flexibility index (Phi) is 10.3. The number of esters is 1. The van der Waals surface area contributed by atoms with Gasteiger partial charge in [-0.25, -0.2) is 4.79 Å². The second-order valence-electron chi connectivity index (χ2n) is 8.31. The molecule has 1 aromatic rings. The van der Waals surface area contributed by atoms with Crippen molar-refractivity contribution in [2.24, 2.45) is 5.92 Å². The van der Waals surface area contributed by atoms with Crippen molar-refractivity contribution in [2.75, 3.05) is 6.61 Å². The first kappa shape index (κ1) is 26.1. The molecule has 31 heavy (non-hydrogen) atoms. The Bertz CT molecular complexity index is 770. The van der Waals surface area contributed by atoms with Crippen LogP contribution in [0.4, 0.5) is 0 Å². The fourth-order valence-corrected chi connectivity index (χ4v) is 4.89. The van der Waals surface area contributed by atoms with Crippen molar-refractivity contribution < 1.29 is 27.1 Å². The summed E-state index contributed by atoms with van der Waals surface area (Å²) in [6, 6.07) is 7.76. The van der Waals surface area contributed by atoms with Crippen LogP contribution in [0.2, 0.25) is 0 Å². The van der Waals surface area contributed by atoms with Crippen molar-refractivity contribution in [3.63, 3.8) is 0 Å². The first-order valence-electron chi connectivity index (χ1n) is 10.9. The Hall–Kier alpha value is -1.15. The van der Waals surface area contributed by atoms with E-state index in [1.165, 1.54) is 0 Å². The third-order valence-electron chi connectivity index (χ3n) is 6.33. The van der Waals surface area contributed by atoms with E-state index < -0.39 is 24.1 Å². The number of amides is 1. The van der Waals surface area contributed by atoms with Crippen molar-refractivity contribution >= 4 is 55.6 Å². The Morgan fingerprint density at radius 2 is 1.97 bits per heavy atom. The largest absolute Gasteiger partial charge is 2.00 e. The minimum atomic E-state index is -0.948. The Morgan fingerprint density at radius 1 is 1.26 bits per heavy atom. The molecule has 7 nitrogen and oxygen atoms in total. The fraction of sp³-hybridized carbons (Fsp3) is 0.609. The minimum Gasteiger partial charge on any atom is -1.00 e. The van der Waals surface area contributed by atoms with Gasteiger partial charge in [0, 0.05) is 6.04 Å². The van der Waals surface area contributed by atoms with Gasteiger partial charge in [0.15, 0.2) is 0 Å². The number of benzene rings is 1. The molecule has 1 saturated heterocycles. The molecular weight excluding hydrogens is 424 g/mol. The molecule has 1 aliphatic carbocycles. The van der Waals surface area contributed by atoms with Crippen molar-refractivity contribution in [1.82, 2.24) is 10.2 Å². The van der Waals surface area contributed by atoms with E-state index in [0.29, 0.717) is 19.3 Å². The molecule has 1 aliphatic heterocycles. The summed E-state index contributed by atoms with van der Waals surface area (Å²) in [5, 5.41) is 12.8. The average molecular weight is 459 g/mol. The van der Waals surface area contributed by atoms with E-state index in [1.54, 1.807) is 18.7 Å². The van der Waals surface area contributed by atoms with Gasteiger partial charge in [0.2, 0.25) is 5.91 Å². The van der Waals surface area contributed by atoms with Gasteiger partial charge in [0.1, 0.15) is 12.1 Å². The average Bonchev–Trinajstić information content (AvgIpc) is 3.32. The zero-order valence-electron chi connectivity index (χ0n) is 20.5. The van der Waals surface area contributed by atoms with E-state index in [9.17, 15) is 19.5 Å². The summed E-state index contributed by atoms with van der Waals surface area (Å²) in [4.78, 5) is 39.1. The molecule has 1 heterocycles. The SMILES string of the molecule is CCOC(=O)[C@H](CCc1ccccc1)N[C@@H](C)C(=O)N1[C@H](C(=O)O)C[C@@H]2CCC[C@@H]21.[Ca+2].[H-].[H-]. The van der Waals surface area contributed by atoms with Crippen LogP contribution in [0.25, 0.3) is 0 Å². The summed E-state index contributed by atoms with van der Waals surface area (Å²) < 4.78 is 5.21. The van der Waals surface area contributed by atoms with Crippen LogP contribution in [0.5, 0.6) is 0 Å². The summed E-state index contributed by atoms with van der Waals surface area (Å²) >= 11 is 0. The molecule has 2 fully saturated rings. The van der Waals surface area contributed by atoms with E-state index in [-0.39, 0.29) is 71.0 Å². The second kappa shape index (κ2) is 12.2. The van der Waals surface area contributed by atoms with Crippen LogP contribution in [0.3, 0.4) is 0 Å². The second-order valence-corrected chi connectivity index (χ2v) is 8.31. The topological polar surface area (TPSA) is 95.9 Å². The molecular formula is C23H34CaN2O5. The van der Waals surface area contributed by atoms with Gasteiger partial charge in [-0.15, -0.1) is 0 Å². The number of hydrogen-bond acceptors (Lipinski definition) is 5. The molecule has 2 aliphatic rings.